The van der Waals surface area contributed by atoms with Crippen LogP contribution in [0.4, 0.5) is 5.82 Å². The molecule has 3 aromatic rings. The van der Waals surface area contributed by atoms with Gasteiger partial charge in [-0.2, -0.15) is 5.10 Å². The zero-order valence-corrected chi connectivity index (χ0v) is 15.9. The summed E-state index contributed by atoms with van der Waals surface area (Å²) in [4.78, 5) is 20.3. The second-order valence-electron chi connectivity index (χ2n) is 7.35. The van der Waals surface area contributed by atoms with Crippen molar-refractivity contribution in [2.24, 2.45) is 0 Å². The maximum atomic E-state index is 12.1. The van der Waals surface area contributed by atoms with E-state index in [9.17, 15) is 4.79 Å². The van der Waals surface area contributed by atoms with E-state index in [-0.39, 0.29) is 5.91 Å². The molecule has 7 heteroatoms. The van der Waals surface area contributed by atoms with Crippen molar-refractivity contribution in [1.82, 2.24) is 20.1 Å². The summed E-state index contributed by atoms with van der Waals surface area (Å²) in [5, 5.41) is 8.75. The van der Waals surface area contributed by atoms with E-state index in [4.69, 9.17) is 0 Å². The normalized spacial score (nSPS) is 16.9. The van der Waals surface area contributed by atoms with E-state index in [0.29, 0.717) is 13.1 Å². The summed E-state index contributed by atoms with van der Waals surface area (Å²) in [5.74, 6) is 0.922. The molecular weight excluding hydrogens is 352 g/mol. The van der Waals surface area contributed by atoms with Crippen molar-refractivity contribution in [2.45, 2.75) is 0 Å². The molecule has 0 saturated carbocycles. The summed E-state index contributed by atoms with van der Waals surface area (Å²) < 4.78 is 2.04. The van der Waals surface area contributed by atoms with Crippen LogP contribution in [0.25, 0.3) is 27.7 Å². The van der Waals surface area contributed by atoms with Crippen LogP contribution in [-0.2, 0) is 4.79 Å². The molecule has 1 fully saturated rings. The average Bonchev–Trinajstić information content (AvgIpc) is 3.11. The van der Waals surface area contributed by atoms with Gasteiger partial charge in [0.2, 0.25) is 5.91 Å². The van der Waals surface area contributed by atoms with Crippen LogP contribution in [0.15, 0.2) is 42.7 Å². The smallest absolute Gasteiger partial charge is 0.241 e. The van der Waals surface area contributed by atoms with Gasteiger partial charge in [-0.1, -0.05) is 6.07 Å². The highest BCUT2D eigenvalue weighted by atomic mass is 16.2. The molecule has 7 nitrogen and oxygen atoms in total. The molecule has 2 aromatic heterocycles. The van der Waals surface area contributed by atoms with Gasteiger partial charge >= 0.3 is 0 Å². The number of nitrogens with one attached hydrogen (secondary N) is 1. The van der Waals surface area contributed by atoms with Gasteiger partial charge in [-0.15, -0.1) is 0 Å². The molecular formula is C21H21N6O+. The van der Waals surface area contributed by atoms with Crippen LogP contribution >= 0.6 is 0 Å². The summed E-state index contributed by atoms with van der Waals surface area (Å²) in [6, 6.07) is 10.3. The lowest BCUT2D eigenvalue weighted by atomic mass is 10.0. The minimum atomic E-state index is 0.114. The lowest BCUT2D eigenvalue weighted by Crippen LogP contribution is -2.48. The zero-order valence-electron chi connectivity index (χ0n) is 15.9. The summed E-state index contributed by atoms with van der Waals surface area (Å²) in [7, 11) is 3.86. The van der Waals surface area contributed by atoms with Gasteiger partial charge in [0.1, 0.15) is 24.1 Å². The average molecular weight is 373 g/mol. The van der Waals surface area contributed by atoms with Crippen LogP contribution in [0.3, 0.4) is 0 Å². The van der Waals surface area contributed by atoms with Gasteiger partial charge in [-0.25, -0.2) is 9.56 Å². The number of carbonyl (C=O) groups excluding carboxylic acids is 1. The van der Waals surface area contributed by atoms with E-state index < -0.39 is 0 Å². The molecule has 0 aliphatic carbocycles. The van der Waals surface area contributed by atoms with Gasteiger partial charge in [-0.05, 0) is 29.8 Å². The van der Waals surface area contributed by atoms with Crippen molar-refractivity contribution in [3.63, 3.8) is 0 Å². The van der Waals surface area contributed by atoms with Crippen LogP contribution in [0, 0.1) is 0 Å². The van der Waals surface area contributed by atoms with Crippen molar-refractivity contribution in [3.05, 3.63) is 48.3 Å². The first-order valence-corrected chi connectivity index (χ1v) is 9.31. The minimum absolute atomic E-state index is 0.114. The molecule has 1 N–H and O–H groups in total. The number of piperazine rings is 1. The van der Waals surface area contributed by atoms with Crippen LogP contribution in [0.1, 0.15) is 5.56 Å². The van der Waals surface area contributed by atoms with E-state index in [0.717, 1.165) is 34.5 Å². The Kier molecular flexibility index (Phi) is 3.75. The van der Waals surface area contributed by atoms with Crippen molar-refractivity contribution >= 4 is 34.4 Å². The number of aromatic amines is 1. The number of amides is 1. The van der Waals surface area contributed by atoms with Gasteiger partial charge in [0.15, 0.2) is 12.4 Å². The lowest BCUT2D eigenvalue weighted by Gasteiger charge is -2.32. The number of hydrogen-bond acceptors (Lipinski definition) is 4. The number of aromatic nitrogens is 3. The highest BCUT2D eigenvalue weighted by Crippen LogP contribution is 2.31. The van der Waals surface area contributed by atoms with Gasteiger partial charge in [0.05, 0.1) is 12.1 Å². The van der Waals surface area contributed by atoms with Gasteiger partial charge in [0, 0.05) is 37.3 Å². The molecule has 0 radical (unpaired) electrons. The van der Waals surface area contributed by atoms with Crippen LogP contribution in [-0.4, -0.2) is 70.5 Å². The topological polar surface area (TPSA) is 68.1 Å². The number of anilines is 1. The number of nitrogens with zero attached hydrogens (tertiary/aromatic N) is 5. The van der Waals surface area contributed by atoms with Crippen LogP contribution in [0.2, 0.25) is 0 Å². The van der Waals surface area contributed by atoms with Gasteiger partial charge in [-0.3, -0.25) is 9.89 Å². The van der Waals surface area contributed by atoms with E-state index in [1.807, 2.05) is 35.7 Å². The first-order valence-electron chi connectivity index (χ1n) is 9.31. The molecule has 1 aromatic carbocycles. The fourth-order valence-electron chi connectivity index (χ4n) is 3.68. The molecule has 1 amide bonds. The Bertz CT molecular complexity index is 1160. The zero-order chi connectivity index (χ0) is 19.3. The van der Waals surface area contributed by atoms with Crippen LogP contribution in [0.5, 0.6) is 0 Å². The second kappa shape index (κ2) is 6.30. The molecule has 2 aliphatic rings. The Balaban J connectivity index is 1.51. The first kappa shape index (κ1) is 16.7. The van der Waals surface area contributed by atoms with E-state index in [1.54, 1.807) is 11.1 Å². The summed E-state index contributed by atoms with van der Waals surface area (Å²) in [5.41, 5.74) is 5.27. The Morgan fingerprint density at radius 2 is 2.00 bits per heavy atom. The molecule has 2 aliphatic heterocycles. The Morgan fingerprint density at radius 3 is 2.79 bits per heavy atom. The van der Waals surface area contributed by atoms with E-state index in [1.165, 1.54) is 11.1 Å². The SMILES string of the molecule is CN1CCN(c2cc(-c3n[nH]c4ccc(C5=C[N+](C)=C5)cc34)ccn2)CC1=O. The molecule has 0 bridgehead atoms. The number of likely N-dealkylation sites (N-methyl/N-ethyl adjacent to an activating group) is 1. The number of benzene rings is 1. The molecule has 5 rings (SSSR count). The van der Waals surface area contributed by atoms with Crippen molar-refractivity contribution in [2.75, 3.05) is 38.6 Å². The molecule has 140 valence electrons. The number of rotatable bonds is 3. The lowest BCUT2D eigenvalue weighted by molar-refractivity contribution is -0.423. The third kappa shape index (κ3) is 2.76. The third-order valence-electron chi connectivity index (χ3n) is 5.38. The summed E-state index contributed by atoms with van der Waals surface area (Å²) in [6.07, 6.45) is 6.00. The number of allylic oxidation sites excluding steroid dienone is 1. The maximum Gasteiger partial charge on any atom is 0.241 e. The first-order chi connectivity index (χ1) is 13.6. The summed E-state index contributed by atoms with van der Waals surface area (Å²) >= 11 is 0. The Labute approximate surface area is 162 Å². The highest BCUT2D eigenvalue weighted by Gasteiger charge is 2.23. The number of pyridine rings is 1. The maximum absolute atomic E-state index is 12.1. The Hall–Kier alpha value is -3.48. The largest absolute Gasteiger partial charge is 0.346 e. The molecule has 28 heavy (non-hydrogen) atoms. The number of carbonyl (C=O) groups is 1. The predicted molar refractivity (Wildman–Crippen MR) is 109 cm³/mol. The van der Waals surface area contributed by atoms with E-state index >= 15 is 0 Å². The second-order valence-corrected chi connectivity index (χ2v) is 7.35. The third-order valence-corrected chi connectivity index (χ3v) is 5.38. The van der Waals surface area contributed by atoms with Gasteiger partial charge in [0.25, 0.3) is 0 Å². The quantitative estimate of drug-likeness (QED) is 0.713. The minimum Gasteiger partial charge on any atom is -0.346 e. The number of hydrogen-bond donors (Lipinski definition) is 1. The van der Waals surface area contributed by atoms with Crippen molar-refractivity contribution < 1.29 is 9.37 Å². The van der Waals surface area contributed by atoms with Crippen LogP contribution < -0.4 is 4.90 Å². The number of H-pyrrole nitrogens is 1. The molecule has 0 unspecified atom stereocenters. The molecule has 0 spiro atoms. The predicted octanol–water partition coefficient (Wildman–Crippen LogP) is 1.97. The molecule has 4 heterocycles. The van der Waals surface area contributed by atoms with Gasteiger partial charge < -0.3 is 9.80 Å². The highest BCUT2D eigenvalue weighted by molar-refractivity contribution is 6.11. The van der Waals surface area contributed by atoms with E-state index in [2.05, 4.69) is 45.8 Å². The molecule has 1 saturated heterocycles. The number of fused-ring (bicyclic) bond motifs is 1. The van der Waals surface area contributed by atoms with Crippen molar-refractivity contribution in [1.29, 1.82) is 0 Å². The monoisotopic (exact) mass is 373 g/mol. The Morgan fingerprint density at radius 1 is 1.14 bits per heavy atom. The fourth-order valence-corrected chi connectivity index (χ4v) is 3.68. The molecule has 0 atom stereocenters. The fraction of sp³-hybridized carbons (Fsp3) is 0.238. The standard InChI is InChI=1S/C21H21N6O/c1-25-11-16(12-25)14-3-4-18-17(9-14)21(24-23-18)15-5-6-22-19(10-15)27-8-7-26(2)20(28)13-27/h3-6,9-12H,7-8,13H2,1-2H3,(H,23,24)/q+1. The van der Waals surface area contributed by atoms with Crippen molar-refractivity contribution in [3.8, 4) is 11.3 Å². The summed E-state index contributed by atoms with van der Waals surface area (Å²) in [6.45, 7) is 1.84.